The molecule has 0 aliphatic heterocycles. The van der Waals surface area contributed by atoms with E-state index in [0.29, 0.717) is 0 Å². The molecule has 0 aromatic heterocycles. The fraction of sp³-hybridized carbons (Fsp3) is 0.0769. The molecule has 0 aliphatic carbocycles. The second-order valence-corrected chi connectivity index (χ2v) is 5.88. The van der Waals surface area contributed by atoms with Crippen LogP contribution in [-0.2, 0) is 6.61 Å². The Hall–Kier alpha value is -0.550. The van der Waals surface area contributed by atoms with Crippen LogP contribution >= 0.6 is 50.7 Å². The summed E-state index contributed by atoms with van der Waals surface area (Å²) in [7, 11) is 0. The van der Waals surface area contributed by atoms with Crippen LogP contribution in [0, 0.1) is 11.6 Å². The molecule has 2 aromatic rings. The zero-order valence-electron chi connectivity index (χ0n) is 9.69. The lowest BCUT2D eigenvalue weighted by Gasteiger charge is -2.11. The lowest BCUT2D eigenvalue weighted by atomic mass is 10.2. The number of hydrogen-bond donors (Lipinski definition) is 0. The van der Waals surface area contributed by atoms with Crippen LogP contribution in [0.25, 0.3) is 0 Å². The first-order chi connectivity index (χ1) is 9.40. The molecule has 0 radical (unpaired) electrons. The van der Waals surface area contributed by atoms with Crippen molar-refractivity contribution in [2.45, 2.75) is 6.61 Å². The van der Waals surface area contributed by atoms with Gasteiger partial charge in [0, 0.05) is 6.07 Å². The minimum absolute atomic E-state index is 0.151. The molecule has 0 atom stereocenters. The molecule has 2 aromatic carbocycles. The summed E-state index contributed by atoms with van der Waals surface area (Å²) in [5, 5.41) is 0.709. The van der Waals surface area contributed by atoms with Crippen LogP contribution in [0.5, 0.6) is 5.75 Å². The van der Waals surface area contributed by atoms with Gasteiger partial charge in [0.1, 0.15) is 24.0 Å². The molecule has 1 nitrogen and oxygen atoms in total. The Labute approximate surface area is 137 Å². The van der Waals surface area contributed by atoms with E-state index in [1.807, 2.05) is 0 Å². The van der Waals surface area contributed by atoms with Crippen LogP contribution in [0.2, 0.25) is 15.1 Å². The molecule has 7 heteroatoms. The van der Waals surface area contributed by atoms with Crippen LogP contribution in [0.4, 0.5) is 8.78 Å². The molecule has 0 amide bonds. The van der Waals surface area contributed by atoms with Gasteiger partial charge < -0.3 is 4.74 Å². The third-order valence-electron chi connectivity index (χ3n) is 2.49. The van der Waals surface area contributed by atoms with Crippen LogP contribution in [0.3, 0.4) is 0 Å². The minimum atomic E-state index is -0.721. The number of ether oxygens (including phenoxy) is 1. The number of rotatable bonds is 3. The highest BCUT2D eigenvalue weighted by Gasteiger charge is 2.14. The lowest BCUT2D eigenvalue weighted by Crippen LogP contribution is -2.03. The molecule has 0 spiro atoms. The van der Waals surface area contributed by atoms with Gasteiger partial charge in [-0.2, -0.15) is 0 Å². The number of hydrogen-bond acceptors (Lipinski definition) is 1. The average molecular weight is 402 g/mol. The highest BCUT2D eigenvalue weighted by molar-refractivity contribution is 9.10. The summed E-state index contributed by atoms with van der Waals surface area (Å²) in [6.07, 6.45) is 0. The third-order valence-corrected chi connectivity index (χ3v) is 4.12. The van der Waals surface area contributed by atoms with Gasteiger partial charge in [0.15, 0.2) is 0 Å². The fourth-order valence-electron chi connectivity index (χ4n) is 1.47. The van der Waals surface area contributed by atoms with Crippen LogP contribution in [-0.4, -0.2) is 0 Å². The monoisotopic (exact) mass is 400 g/mol. The summed E-state index contributed by atoms with van der Waals surface area (Å²) in [5.74, 6) is -1.23. The van der Waals surface area contributed by atoms with Crippen molar-refractivity contribution >= 4 is 50.7 Å². The Morgan fingerprint density at radius 2 is 1.65 bits per heavy atom. The topological polar surface area (TPSA) is 9.23 Å². The van der Waals surface area contributed by atoms with Crippen molar-refractivity contribution < 1.29 is 13.5 Å². The van der Waals surface area contributed by atoms with E-state index >= 15 is 0 Å². The standard InChI is InChI=1S/C13H6BrCl3F2O/c14-7-1-2-11(18)6(13(7)19)5-20-12-4-9(16)8(15)3-10(12)17/h1-4H,5H2. The second-order valence-electron chi connectivity index (χ2n) is 3.81. The van der Waals surface area contributed by atoms with Gasteiger partial charge in [-0.25, -0.2) is 8.78 Å². The van der Waals surface area contributed by atoms with Crippen LogP contribution in [0.1, 0.15) is 5.56 Å². The molecule has 0 heterocycles. The predicted octanol–water partition coefficient (Wildman–Crippen LogP) is 6.27. The van der Waals surface area contributed by atoms with Crippen molar-refractivity contribution in [2.24, 2.45) is 0 Å². The van der Waals surface area contributed by atoms with Gasteiger partial charge in [-0.15, -0.1) is 0 Å². The van der Waals surface area contributed by atoms with Gasteiger partial charge in [-0.05, 0) is 34.1 Å². The number of benzene rings is 2. The van der Waals surface area contributed by atoms with Crippen molar-refractivity contribution in [3.8, 4) is 5.75 Å². The highest BCUT2D eigenvalue weighted by atomic mass is 79.9. The van der Waals surface area contributed by atoms with Crippen LogP contribution in [0.15, 0.2) is 28.7 Å². The molecule has 2 rings (SSSR count). The Kier molecular flexibility index (Phi) is 5.13. The summed E-state index contributed by atoms with van der Waals surface area (Å²) in [6, 6.07) is 5.21. The summed E-state index contributed by atoms with van der Waals surface area (Å²) >= 11 is 20.5. The van der Waals surface area contributed by atoms with Crippen molar-refractivity contribution in [1.82, 2.24) is 0 Å². The molecular weight excluding hydrogens is 396 g/mol. The Bertz CT molecular complexity index is 665. The molecule has 0 aliphatic rings. The highest BCUT2D eigenvalue weighted by Crippen LogP contribution is 2.34. The average Bonchev–Trinajstić information content (AvgIpc) is 2.40. The van der Waals surface area contributed by atoms with Gasteiger partial charge >= 0.3 is 0 Å². The van der Waals surface area contributed by atoms with Gasteiger partial charge in [-0.1, -0.05) is 34.8 Å². The molecule has 0 saturated heterocycles. The predicted molar refractivity (Wildman–Crippen MR) is 79.9 cm³/mol. The Morgan fingerprint density at radius 3 is 2.35 bits per heavy atom. The first kappa shape index (κ1) is 15.8. The Balaban J connectivity index is 2.26. The SMILES string of the molecule is Fc1ccc(Br)c(F)c1COc1cc(Cl)c(Cl)cc1Cl. The first-order valence-corrected chi connectivity index (χ1v) is 7.22. The Morgan fingerprint density at radius 1 is 1.00 bits per heavy atom. The largest absolute Gasteiger partial charge is 0.487 e. The molecule has 106 valence electrons. The maximum atomic E-state index is 13.8. The van der Waals surface area contributed by atoms with Crippen molar-refractivity contribution in [3.63, 3.8) is 0 Å². The van der Waals surface area contributed by atoms with E-state index in [4.69, 9.17) is 39.5 Å². The van der Waals surface area contributed by atoms with Gasteiger partial charge in [0.05, 0.1) is 25.1 Å². The first-order valence-electron chi connectivity index (χ1n) is 5.30. The smallest absolute Gasteiger partial charge is 0.146 e. The quantitative estimate of drug-likeness (QED) is 0.550. The molecule has 0 bridgehead atoms. The van der Waals surface area contributed by atoms with E-state index in [1.165, 1.54) is 18.2 Å². The molecule has 0 saturated carbocycles. The van der Waals surface area contributed by atoms with E-state index in [9.17, 15) is 8.78 Å². The van der Waals surface area contributed by atoms with E-state index in [2.05, 4.69) is 15.9 Å². The van der Waals surface area contributed by atoms with E-state index < -0.39 is 11.6 Å². The van der Waals surface area contributed by atoms with Gasteiger partial charge in [0.25, 0.3) is 0 Å². The molecule has 20 heavy (non-hydrogen) atoms. The second kappa shape index (κ2) is 6.48. The van der Waals surface area contributed by atoms with E-state index in [1.54, 1.807) is 0 Å². The van der Waals surface area contributed by atoms with Crippen molar-refractivity contribution in [2.75, 3.05) is 0 Å². The number of halogens is 6. The zero-order chi connectivity index (χ0) is 14.9. The van der Waals surface area contributed by atoms with E-state index in [0.717, 1.165) is 6.07 Å². The molecule has 0 N–H and O–H groups in total. The summed E-state index contributed by atoms with van der Waals surface area (Å²) in [5.41, 5.74) is -0.207. The third kappa shape index (κ3) is 3.37. The van der Waals surface area contributed by atoms with Crippen molar-refractivity contribution in [3.05, 3.63) is 61.0 Å². The molecule has 0 fully saturated rings. The van der Waals surface area contributed by atoms with Gasteiger partial charge in [-0.3, -0.25) is 0 Å². The summed E-state index contributed by atoms with van der Waals surface area (Å²) in [6.45, 7) is -0.325. The minimum Gasteiger partial charge on any atom is -0.487 e. The zero-order valence-corrected chi connectivity index (χ0v) is 13.5. The van der Waals surface area contributed by atoms with Crippen LogP contribution < -0.4 is 4.74 Å². The van der Waals surface area contributed by atoms with Crippen molar-refractivity contribution in [1.29, 1.82) is 0 Å². The molecular formula is C13H6BrCl3F2O. The van der Waals surface area contributed by atoms with E-state index in [-0.39, 0.29) is 37.5 Å². The maximum Gasteiger partial charge on any atom is 0.146 e. The fourth-order valence-corrected chi connectivity index (χ4v) is 2.43. The summed E-state index contributed by atoms with van der Waals surface area (Å²) < 4.78 is 32.8. The molecule has 0 unspecified atom stereocenters. The lowest BCUT2D eigenvalue weighted by molar-refractivity contribution is 0.292. The summed E-state index contributed by atoms with van der Waals surface area (Å²) in [4.78, 5) is 0. The maximum absolute atomic E-state index is 13.8. The normalized spacial score (nSPS) is 10.7. The van der Waals surface area contributed by atoms with Gasteiger partial charge in [0.2, 0.25) is 0 Å².